The van der Waals surface area contributed by atoms with Gasteiger partial charge in [0, 0.05) is 18.8 Å². The molecule has 0 aliphatic heterocycles. The van der Waals surface area contributed by atoms with Crippen LogP contribution in [-0.2, 0) is 4.74 Å². The van der Waals surface area contributed by atoms with Crippen LogP contribution < -0.4 is 11.1 Å². The molecule has 0 heterocycles. The maximum Gasteiger partial charge on any atom is 0.0638 e. The zero-order valence-electron chi connectivity index (χ0n) is 7.94. The van der Waals surface area contributed by atoms with Crippen molar-refractivity contribution in [2.75, 3.05) is 26.3 Å². The monoisotopic (exact) mass is 172 g/mol. The molecule has 0 aromatic carbocycles. The van der Waals surface area contributed by atoms with E-state index < -0.39 is 0 Å². The Bertz CT molecular complexity index is 115. The molecule has 0 saturated carbocycles. The van der Waals surface area contributed by atoms with Gasteiger partial charge in [-0.05, 0) is 26.3 Å². The van der Waals surface area contributed by atoms with Gasteiger partial charge in [0.25, 0.3) is 0 Å². The van der Waals surface area contributed by atoms with Crippen molar-refractivity contribution in [3.05, 3.63) is 12.3 Å². The Balaban J connectivity index is 3.08. The molecule has 0 aromatic rings. The molecule has 72 valence electrons. The topological polar surface area (TPSA) is 47.3 Å². The van der Waals surface area contributed by atoms with Gasteiger partial charge in [-0.2, -0.15) is 0 Å². The van der Waals surface area contributed by atoms with Crippen molar-refractivity contribution in [1.82, 2.24) is 5.32 Å². The van der Waals surface area contributed by atoms with E-state index in [0.717, 1.165) is 44.8 Å². The lowest BCUT2D eigenvalue weighted by Gasteiger charge is -2.08. The van der Waals surface area contributed by atoms with E-state index >= 15 is 0 Å². The van der Waals surface area contributed by atoms with Crippen LogP contribution in [0.4, 0.5) is 0 Å². The van der Waals surface area contributed by atoms with Gasteiger partial charge in [0.05, 0.1) is 6.61 Å². The number of hydrogen-bond donors (Lipinski definition) is 2. The predicted molar refractivity (Wildman–Crippen MR) is 51.9 cm³/mol. The first-order valence-electron chi connectivity index (χ1n) is 4.50. The summed E-state index contributed by atoms with van der Waals surface area (Å²) in [5.74, 6) is 0. The maximum atomic E-state index is 5.36. The zero-order valence-corrected chi connectivity index (χ0v) is 7.94. The molecule has 0 aromatic heterocycles. The highest BCUT2D eigenvalue weighted by molar-refractivity contribution is 4.90. The Kier molecular flexibility index (Phi) is 8.17. The molecule has 12 heavy (non-hydrogen) atoms. The molecule has 0 amide bonds. The van der Waals surface area contributed by atoms with E-state index in [0.29, 0.717) is 0 Å². The Morgan fingerprint density at radius 1 is 1.58 bits per heavy atom. The lowest BCUT2D eigenvalue weighted by Crippen LogP contribution is -2.19. The standard InChI is InChI=1S/C9H20N2O/c1-3-12-8-7-11-9(2)5-4-6-10/h11H,2-8,10H2,1H3. The highest BCUT2D eigenvalue weighted by Gasteiger charge is 1.91. The van der Waals surface area contributed by atoms with Crippen LogP contribution in [0.5, 0.6) is 0 Å². The van der Waals surface area contributed by atoms with Gasteiger partial charge >= 0.3 is 0 Å². The molecule has 0 bridgehead atoms. The lowest BCUT2D eigenvalue weighted by atomic mass is 10.2. The van der Waals surface area contributed by atoms with Crippen LogP contribution in [0.3, 0.4) is 0 Å². The summed E-state index contributed by atoms with van der Waals surface area (Å²) >= 11 is 0. The number of allylic oxidation sites excluding steroid dienone is 1. The van der Waals surface area contributed by atoms with Crippen LogP contribution in [0.15, 0.2) is 12.3 Å². The minimum atomic E-state index is 0.728. The summed E-state index contributed by atoms with van der Waals surface area (Å²) in [7, 11) is 0. The van der Waals surface area contributed by atoms with Gasteiger partial charge in [0.1, 0.15) is 0 Å². The molecule has 0 aliphatic carbocycles. The second-order valence-corrected chi connectivity index (χ2v) is 2.62. The number of nitrogens with one attached hydrogen (secondary N) is 1. The minimum Gasteiger partial charge on any atom is -0.387 e. The smallest absolute Gasteiger partial charge is 0.0638 e. The van der Waals surface area contributed by atoms with Crippen molar-refractivity contribution in [3.8, 4) is 0 Å². The third kappa shape index (κ3) is 7.57. The van der Waals surface area contributed by atoms with E-state index in [-0.39, 0.29) is 0 Å². The van der Waals surface area contributed by atoms with Gasteiger partial charge in [0.15, 0.2) is 0 Å². The van der Waals surface area contributed by atoms with Gasteiger partial charge in [-0.3, -0.25) is 0 Å². The van der Waals surface area contributed by atoms with Crippen molar-refractivity contribution in [2.24, 2.45) is 5.73 Å². The van der Waals surface area contributed by atoms with Crippen LogP contribution in [0, 0.1) is 0 Å². The molecule has 0 saturated heterocycles. The number of nitrogens with two attached hydrogens (primary N) is 1. The van der Waals surface area contributed by atoms with Crippen LogP contribution in [-0.4, -0.2) is 26.3 Å². The van der Waals surface area contributed by atoms with E-state index in [4.69, 9.17) is 10.5 Å². The van der Waals surface area contributed by atoms with Crippen LogP contribution in [0.25, 0.3) is 0 Å². The number of hydrogen-bond acceptors (Lipinski definition) is 3. The molecule has 3 N–H and O–H groups in total. The summed E-state index contributed by atoms with van der Waals surface area (Å²) < 4.78 is 5.16. The fourth-order valence-electron chi connectivity index (χ4n) is 0.848. The van der Waals surface area contributed by atoms with Gasteiger partial charge in [-0.15, -0.1) is 0 Å². The molecule has 3 nitrogen and oxygen atoms in total. The van der Waals surface area contributed by atoms with E-state index in [2.05, 4.69) is 11.9 Å². The highest BCUT2D eigenvalue weighted by Crippen LogP contribution is 1.95. The normalized spacial score (nSPS) is 9.83. The first kappa shape index (κ1) is 11.5. The van der Waals surface area contributed by atoms with Gasteiger partial charge in [0.2, 0.25) is 0 Å². The second kappa shape index (κ2) is 8.56. The van der Waals surface area contributed by atoms with Gasteiger partial charge in [-0.25, -0.2) is 0 Å². The first-order valence-corrected chi connectivity index (χ1v) is 4.50. The van der Waals surface area contributed by atoms with E-state index in [1.54, 1.807) is 0 Å². The molecule has 0 radical (unpaired) electrons. The van der Waals surface area contributed by atoms with E-state index in [1.807, 2.05) is 6.92 Å². The maximum absolute atomic E-state index is 5.36. The Hall–Kier alpha value is -0.540. The average molecular weight is 172 g/mol. The summed E-state index contributed by atoms with van der Waals surface area (Å²) in [5, 5.41) is 3.18. The van der Waals surface area contributed by atoms with Crippen LogP contribution in [0.1, 0.15) is 19.8 Å². The molecule has 0 unspecified atom stereocenters. The van der Waals surface area contributed by atoms with Crippen LogP contribution >= 0.6 is 0 Å². The molecule has 0 rings (SSSR count). The summed E-state index contributed by atoms with van der Waals surface area (Å²) in [6.45, 7) is 8.95. The lowest BCUT2D eigenvalue weighted by molar-refractivity contribution is 0.151. The van der Waals surface area contributed by atoms with Crippen molar-refractivity contribution in [2.45, 2.75) is 19.8 Å². The first-order chi connectivity index (χ1) is 5.81. The van der Waals surface area contributed by atoms with Gasteiger partial charge in [-0.1, -0.05) is 6.58 Å². The highest BCUT2D eigenvalue weighted by atomic mass is 16.5. The number of ether oxygens (including phenoxy) is 1. The SMILES string of the molecule is C=C(CCCN)NCCOCC. The summed E-state index contributed by atoms with van der Waals surface area (Å²) in [6, 6.07) is 0. The van der Waals surface area contributed by atoms with Crippen molar-refractivity contribution in [1.29, 1.82) is 0 Å². The molecule has 0 atom stereocenters. The zero-order chi connectivity index (χ0) is 9.23. The Morgan fingerprint density at radius 2 is 2.33 bits per heavy atom. The fraction of sp³-hybridized carbons (Fsp3) is 0.778. The molecule has 0 aliphatic rings. The van der Waals surface area contributed by atoms with E-state index in [1.165, 1.54) is 0 Å². The van der Waals surface area contributed by atoms with Crippen molar-refractivity contribution in [3.63, 3.8) is 0 Å². The minimum absolute atomic E-state index is 0.728. The molecule has 0 fully saturated rings. The molecular weight excluding hydrogens is 152 g/mol. The fourth-order valence-corrected chi connectivity index (χ4v) is 0.848. The van der Waals surface area contributed by atoms with Gasteiger partial charge < -0.3 is 15.8 Å². The Labute approximate surface area is 75.0 Å². The summed E-state index contributed by atoms with van der Waals surface area (Å²) in [6.07, 6.45) is 1.96. The van der Waals surface area contributed by atoms with Crippen molar-refractivity contribution < 1.29 is 4.74 Å². The second-order valence-electron chi connectivity index (χ2n) is 2.62. The largest absolute Gasteiger partial charge is 0.387 e. The van der Waals surface area contributed by atoms with Crippen LogP contribution in [0.2, 0.25) is 0 Å². The summed E-state index contributed by atoms with van der Waals surface area (Å²) in [4.78, 5) is 0. The van der Waals surface area contributed by atoms with Crippen molar-refractivity contribution >= 4 is 0 Å². The quantitative estimate of drug-likeness (QED) is 0.534. The predicted octanol–water partition coefficient (Wildman–Crippen LogP) is 0.865. The average Bonchev–Trinajstić information content (AvgIpc) is 2.09. The van der Waals surface area contributed by atoms with E-state index in [9.17, 15) is 0 Å². The molecule has 3 heteroatoms. The third-order valence-corrected chi connectivity index (χ3v) is 1.51. The molecular formula is C9H20N2O. The number of rotatable bonds is 8. The molecule has 0 spiro atoms. The third-order valence-electron chi connectivity index (χ3n) is 1.51. The Morgan fingerprint density at radius 3 is 2.92 bits per heavy atom. The summed E-state index contributed by atoms with van der Waals surface area (Å²) in [5.41, 5.74) is 6.42.